The van der Waals surface area contributed by atoms with Gasteiger partial charge in [-0.3, -0.25) is 4.79 Å². The van der Waals surface area contributed by atoms with E-state index in [1.54, 1.807) is 18.2 Å². The average molecular weight is 501 g/mol. The van der Waals surface area contributed by atoms with Crippen LogP contribution in [0.1, 0.15) is 0 Å². The summed E-state index contributed by atoms with van der Waals surface area (Å²) in [4.78, 5) is 21.7. The molecule has 3 aliphatic rings. The lowest BCUT2D eigenvalue weighted by Crippen LogP contribution is -2.43. The molecule has 1 aliphatic carbocycles. The molecule has 7 nitrogen and oxygen atoms in total. The van der Waals surface area contributed by atoms with Crippen LogP contribution < -0.4 is 10.3 Å². The Labute approximate surface area is 218 Å². The van der Waals surface area contributed by atoms with Crippen molar-refractivity contribution in [2.45, 2.75) is 0 Å². The second-order valence-electron chi connectivity index (χ2n) is 10.3. The molecule has 0 bridgehead atoms. The summed E-state index contributed by atoms with van der Waals surface area (Å²) in [6.07, 6.45) is 0. The van der Waals surface area contributed by atoms with Gasteiger partial charge in [-0.1, -0.05) is 12.1 Å². The molecule has 2 aromatic rings. The van der Waals surface area contributed by atoms with Crippen LogP contribution >= 0.6 is 0 Å². The Kier molecular flexibility index (Phi) is 7.46. The number of phenolic OH excluding ortho intramolecular Hbond substituents is 1. The lowest BCUT2D eigenvalue weighted by Gasteiger charge is -2.32. The van der Waals surface area contributed by atoms with Crippen molar-refractivity contribution < 1.29 is 9.52 Å². The molecule has 0 spiro atoms. The first kappa shape index (κ1) is 25.3. The minimum Gasteiger partial charge on any atom is -0.508 e. The molecule has 0 amide bonds. The SMILES string of the molecule is CN1CCN(C)CCN(c2ccc(-c3c4ccc(=O)cc-4oc4cc(O)ccc34)cc2)CCN(C)CC1. The van der Waals surface area contributed by atoms with Crippen LogP contribution in [0.4, 0.5) is 5.69 Å². The van der Waals surface area contributed by atoms with Crippen LogP contribution in [-0.4, -0.2) is 93.3 Å². The zero-order valence-corrected chi connectivity index (χ0v) is 22.0. The Morgan fingerprint density at radius 2 is 1.30 bits per heavy atom. The molecule has 1 saturated heterocycles. The molecule has 1 N–H and O–H groups in total. The van der Waals surface area contributed by atoms with E-state index in [9.17, 15) is 9.90 Å². The van der Waals surface area contributed by atoms with Crippen molar-refractivity contribution in [3.8, 4) is 28.2 Å². The molecule has 1 fully saturated rings. The maximum Gasteiger partial charge on any atom is 0.182 e. The topological polar surface area (TPSA) is 63.4 Å². The molecule has 194 valence electrons. The van der Waals surface area contributed by atoms with E-state index in [1.165, 1.54) is 11.8 Å². The van der Waals surface area contributed by atoms with E-state index < -0.39 is 0 Å². The monoisotopic (exact) mass is 500 g/mol. The predicted octanol–water partition coefficient (Wildman–Crippen LogP) is 3.89. The maximum absolute atomic E-state index is 12.0. The highest BCUT2D eigenvalue weighted by atomic mass is 16.3. The zero-order valence-electron chi connectivity index (χ0n) is 22.0. The lowest BCUT2D eigenvalue weighted by atomic mass is 9.93. The Hall–Kier alpha value is -3.39. The first-order chi connectivity index (χ1) is 17.9. The van der Waals surface area contributed by atoms with Gasteiger partial charge >= 0.3 is 0 Å². The molecule has 5 rings (SSSR count). The predicted molar refractivity (Wildman–Crippen MR) is 151 cm³/mol. The van der Waals surface area contributed by atoms with Crippen molar-refractivity contribution in [2.75, 3.05) is 78.4 Å². The normalized spacial score (nSPS) is 17.6. The van der Waals surface area contributed by atoms with Crippen LogP contribution in [0, 0.1) is 0 Å². The van der Waals surface area contributed by atoms with Gasteiger partial charge in [-0.15, -0.1) is 0 Å². The Balaban J connectivity index is 1.48. The van der Waals surface area contributed by atoms with Gasteiger partial charge in [0.05, 0.1) is 0 Å². The van der Waals surface area contributed by atoms with Crippen molar-refractivity contribution in [3.05, 3.63) is 70.9 Å². The highest BCUT2D eigenvalue weighted by Gasteiger charge is 2.18. The van der Waals surface area contributed by atoms with Gasteiger partial charge in [0.15, 0.2) is 5.43 Å². The number of benzene rings is 3. The van der Waals surface area contributed by atoms with Gasteiger partial charge in [-0.2, -0.15) is 0 Å². The molecular formula is C30H36N4O3. The Morgan fingerprint density at radius 1 is 0.703 bits per heavy atom. The van der Waals surface area contributed by atoms with Crippen LogP contribution in [0.2, 0.25) is 0 Å². The third kappa shape index (κ3) is 5.80. The number of aromatic hydroxyl groups is 1. The van der Waals surface area contributed by atoms with Gasteiger partial charge in [0.25, 0.3) is 0 Å². The summed E-state index contributed by atoms with van der Waals surface area (Å²) in [6.45, 7) is 8.24. The molecular weight excluding hydrogens is 464 g/mol. The van der Waals surface area contributed by atoms with E-state index >= 15 is 0 Å². The lowest BCUT2D eigenvalue weighted by molar-refractivity contribution is 0.222. The molecule has 2 aromatic carbocycles. The highest BCUT2D eigenvalue weighted by molar-refractivity contribution is 6.02. The summed E-state index contributed by atoms with van der Waals surface area (Å²) < 4.78 is 6.00. The fourth-order valence-electron chi connectivity index (χ4n) is 4.98. The largest absolute Gasteiger partial charge is 0.508 e. The number of anilines is 1. The van der Waals surface area contributed by atoms with E-state index in [-0.39, 0.29) is 11.2 Å². The first-order valence-corrected chi connectivity index (χ1v) is 13.0. The smallest absolute Gasteiger partial charge is 0.182 e. The maximum atomic E-state index is 12.0. The number of hydrogen-bond acceptors (Lipinski definition) is 7. The standard InChI is InChI=1S/C30H36N4O3/c1-31-12-14-32(2)16-18-34(19-17-33(3)15-13-31)23-6-4-22(5-7-23)30-26-10-8-24(35)20-28(26)37-29-21-25(36)9-11-27(29)30/h4-11,20-21,35H,12-19H2,1-3H3. The van der Waals surface area contributed by atoms with E-state index in [4.69, 9.17) is 4.42 Å². The number of nitrogens with zero attached hydrogens (tertiary/aromatic N) is 4. The van der Waals surface area contributed by atoms with Gasteiger partial charge in [0, 0.05) is 86.7 Å². The van der Waals surface area contributed by atoms with E-state index in [0.29, 0.717) is 11.3 Å². The Morgan fingerprint density at radius 3 is 1.92 bits per heavy atom. The summed E-state index contributed by atoms with van der Waals surface area (Å²) in [7, 11) is 6.61. The number of rotatable bonds is 2. The van der Waals surface area contributed by atoms with Crippen molar-refractivity contribution in [1.82, 2.24) is 14.7 Å². The van der Waals surface area contributed by atoms with Gasteiger partial charge in [0.1, 0.15) is 17.1 Å². The second-order valence-corrected chi connectivity index (χ2v) is 10.3. The molecule has 7 heteroatoms. The Bertz CT molecular complexity index is 1370. The average Bonchev–Trinajstić information content (AvgIpc) is 2.88. The summed E-state index contributed by atoms with van der Waals surface area (Å²) >= 11 is 0. The van der Waals surface area contributed by atoms with Gasteiger partial charge in [0.2, 0.25) is 0 Å². The van der Waals surface area contributed by atoms with Gasteiger partial charge in [-0.25, -0.2) is 0 Å². The van der Waals surface area contributed by atoms with Crippen molar-refractivity contribution in [1.29, 1.82) is 0 Å². The minimum atomic E-state index is -0.103. The third-order valence-electron chi connectivity index (χ3n) is 7.43. The fraction of sp³-hybridized carbons (Fsp3) is 0.367. The number of hydrogen-bond donors (Lipinski definition) is 1. The third-order valence-corrected chi connectivity index (χ3v) is 7.43. The molecule has 0 radical (unpaired) electrons. The second kappa shape index (κ2) is 10.9. The number of fused-ring (bicyclic) bond motifs is 2. The number of phenols is 1. The van der Waals surface area contributed by atoms with Crippen LogP contribution in [-0.2, 0) is 0 Å². The summed E-state index contributed by atoms with van der Waals surface area (Å²) in [6, 6.07) is 18.8. The van der Waals surface area contributed by atoms with E-state index in [0.717, 1.165) is 74.4 Å². The molecule has 0 unspecified atom stereocenters. The van der Waals surface area contributed by atoms with Crippen molar-refractivity contribution >= 4 is 16.7 Å². The molecule has 2 aliphatic heterocycles. The van der Waals surface area contributed by atoms with E-state index in [2.05, 4.69) is 65.0 Å². The van der Waals surface area contributed by atoms with Crippen LogP contribution in [0.25, 0.3) is 33.4 Å². The molecule has 37 heavy (non-hydrogen) atoms. The minimum absolute atomic E-state index is 0.103. The summed E-state index contributed by atoms with van der Waals surface area (Å²) in [5, 5.41) is 10.9. The summed E-state index contributed by atoms with van der Waals surface area (Å²) in [5.41, 5.74) is 4.58. The van der Waals surface area contributed by atoms with Crippen molar-refractivity contribution in [3.63, 3.8) is 0 Å². The molecule has 2 heterocycles. The van der Waals surface area contributed by atoms with Crippen LogP contribution in [0.15, 0.2) is 69.9 Å². The highest BCUT2D eigenvalue weighted by Crippen LogP contribution is 2.41. The van der Waals surface area contributed by atoms with Crippen LogP contribution in [0.5, 0.6) is 5.75 Å². The zero-order chi connectivity index (χ0) is 25.9. The molecule has 0 aromatic heterocycles. The van der Waals surface area contributed by atoms with Crippen LogP contribution in [0.3, 0.4) is 0 Å². The quantitative estimate of drug-likeness (QED) is 0.419. The van der Waals surface area contributed by atoms with Gasteiger partial charge in [-0.05, 0) is 63.1 Å². The fourth-order valence-corrected chi connectivity index (χ4v) is 4.98. The molecule has 0 atom stereocenters. The van der Waals surface area contributed by atoms with Crippen molar-refractivity contribution in [2.24, 2.45) is 0 Å². The van der Waals surface area contributed by atoms with E-state index in [1.807, 2.05) is 12.1 Å². The number of likely N-dealkylation sites (N-methyl/N-ethyl adjacent to an activating group) is 3. The molecule has 0 saturated carbocycles. The van der Waals surface area contributed by atoms with Gasteiger partial charge < -0.3 is 29.1 Å². The summed E-state index contributed by atoms with van der Waals surface area (Å²) in [5.74, 6) is 0.650. The first-order valence-electron chi connectivity index (χ1n) is 13.0.